The molecule has 1 aliphatic rings. The lowest BCUT2D eigenvalue weighted by Crippen LogP contribution is -2.54. The summed E-state index contributed by atoms with van der Waals surface area (Å²) < 4.78 is 14.8. The Labute approximate surface area is 226 Å². The molecule has 1 saturated heterocycles. The Bertz CT molecular complexity index is 1530. The van der Waals surface area contributed by atoms with Crippen molar-refractivity contribution >= 4 is 50.2 Å². The van der Waals surface area contributed by atoms with Gasteiger partial charge in [0.15, 0.2) is 0 Å². The number of nitrogens with zero attached hydrogens (tertiary/aromatic N) is 6. The summed E-state index contributed by atoms with van der Waals surface area (Å²) in [5.74, 6) is 0.111. The number of carbonyl (C=O) groups excluding carboxylic acids is 2. The van der Waals surface area contributed by atoms with Crippen molar-refractivity contribution in [3.8, 4) is 10.4 Å². The van der Waals surface area contributed by atoms with Gasteiger partial charge in [-0.25, -0.2) is 4.52 Å². The first kappa shape index (κ1) is 26.2. The molecule has 200 valence electrons. The normalized spacial score (nSPS) is 15.8. The van der Waals surface area contributed by atoms with Crippen molar-refractivity contribution in [1.82, 2.24) is 29.3 Å². The molecule has 5 heterocycles. The van der Waals surface area contributed by atoms with Gasteiger partial charge in [0.05, 0.1) is 59.2 Å². The fourth-order valence-corrected chi connectivity index (χ4v) is 5.99. The standard InChI is InChI=1S/C25H30N8O3S2/c1-16-20(7-18(9-26-16)29-22(34)13-31-14-25(2,3)15-31)30-23(35)19-10-28-33-12-21(37-24(19)33)17-8-27-32(11-17)5-6-38(4)36/h7-12H,5-6,13-15H2,1-4H3,(H,29,34)(H,30,35). The molecule has 0 aliphatic carbocycles. The minimum Gasteiger partial charge on any atom is -0.324 e. The van der Waals surface area contributed by atoms with Crippen molar-refractivity contribution in [2.45, 2.75) is 27.3 Å². The van der Waals surface area contributed by atoms with E-state index in [0.717, 1.165) is 23.5 Å². The van der Waals surface area contributed by atoms with Crippen LogP contribution in [0.25, 0.3) is 15.3 Å². The third kappa shape index (κ3) is 5.84. The van der Waals surface area contributed by atoms with Gasteiger partial charge in [0.1, 0.15) is 4.83 Å². The van der Waals surface area contributed by atoms with Crippen molar-refractivity contribution in [2.24, 2.45) is 5.41 Å². The summed E-state index contributed by atoms with van der Waals surface area (Å²) in [6.07, 6.45) is 10.3. The first-order valence-corrected chi connectivity index (χ1v) is 14.7. The number of amides is 2. The number of aryl methyl sites for hydroxylation is 2. The van der Waals surface area contributed by atoms with E-state index in [0.29, 0.717) is 46.3 Å². The molecule has 2 N–H and O–H groups in total. The predicted octanol–water partition coefficient (Wildman–Crippen LogP) is 2.87. The molecule has 1 aliphatic heterocycles. The molecular formula is C25H30N8O3S2. The molecule has 0 spiro atoms. The highest BCUT2D eigenvalue weighted by atomic mass is 32.2. The molecule has 0 radical (unpaired) electrons. The second-order valence-corrected chi connectivity index (χ2v) is 12.9. The minimum absolute atomic E-state index is 0.112. The number of nitrogens with one attached hydrogen (secondary N) is 2. The summed E-state index contributed by atoms with van der Waals surface area (Å²) in [6.45, 7) is 8.83. The monoisotopic (exact) mass is 554 g/mol. The van der Waals surface area contributed by atoms with Gasteiger partial charge in [-0.05, 0) is 18.4 Å². The van der Waals surface area contributed by atoms with E-state index in [2.05, 4.69) is 44.6 Å². The summed E-state index contributed by atoms with van der Waals surface area (Å²) in [7, 11) is -0.886. The zero-order chi connectivity index (χ0) is 27.0. The second-order valence-electron chi connectivity index (χ2n) is 10.3. The molecule has 13 heteroatoms. The molecule has 0 aromatic carbocycles. The van der Waals surface area contributed by atoms with E-state index in [4.69, 9.17) is 0 Å². The third-order valence-corrected chi connectivity index (χ3v) is 8.17. The average Bonchev–Trinajstić information content (AvgIpc) is 3.54. The smallest absolute Gasteiger partial charge is 0.260 e. The van der Waals surface area contributed by atoms with E-state index >= 15 is 0 Å². The van der Waals surface area contributed by atoms with E-state index in [-0.39, 0.29) is 17.2 Å². The van der Waals surface area contributed by atoms with Crippen LogP contribution in [0.2, 0.25) is 0 Å². The van der Waals surface area contributed by atoms with Crippen LogP contribution in [0.5, 0.6) is 0 Å². The van der Waals surface area contributed by atoms with Gasteiger partial charge in [-0.15, -0.1) is 11.3 Å². The van der Waals surface area contributed by atoms with Crippen LogP contribution in [0.3, 0.4) is 0 Å². The van der Waals surface area contributed by atoms with Crippen molar-refractivity contribution in [2.75, 3.05) is 42.3 Å². The SMILES string of the molecule is Cc1ncc(NC(=O)CN2CC(C)(C)C2)cc1NC(=O)c1cnn2cc(-c3cnn(CCS(C)=O)c3)sc12. The van der Waals surface area contributed by atoms with E-state index in [1.165, 1.54) is 17.5 Å². The van der Waals surface area contributed by atoms with Crippen molar-refractivity contribution in [3.05, 3.63) is 48.3 Å². The van der Waals surface area contributed by atoms with Crippen LogP contribution in [0.4, 0.5) is 11.4 Å². The number of pyridine rings is 1. The van der Waals surface area contributed by atoms with Crippen LogP contribution in [-0.4, -0.2) is 76.9 Å². The van der Waals surface area contributed by atoms with Crippen LogP contribution in [-0.2, 0) is 22.1 Å². The molecule has 1 atom stereocenters. The summed E-state index contributed by atoms with van der Waals surface area (Å²) in [4.78, 5) is 33.7. The van der Waals surface area contributed by atoms with Crippen molar-refractivity contribution < 1.29 is 13.8 Å². The van der Waals surface area contributed by atoms with Crippen LogP contribution in [0, 0.1) is 12.3 Å². The van der Waals surface area contributed by atoms with Gasteiger partial charge in [-0.3, -0.25) is 28.4 Å². The van der Waals surface area contributed by atoms with Crippen LogP contribution in [0.15, 0.2) is 37.1 Å². The van der Waals surface area contributed by atoms with Gasteiger partial charge in [0.2, 0.25) is 5.91 Å². The average molecular weight is 555 g/mol. The summed E-state index contributed by atoms with van der Waals surface area (Å²) in [6, 6.07) is 1.72. The van der Waals surface area contributed by atoms with Crippen LogP contribution < -0.4 is 10.6 Å². The number of hydrogen-bond acceptors (Lipinski definition) is 8. The number of fused-ring (bicyclic) bond motifs is 1. The lowest BCUT2D eigenvalue weighted by Gasteiger charge is -2.45. The number of likely N-dealkylation sites (tertiary alicyclic amines) is 1. The largest absolute Gasteiger partial charge is 0.324 e. The third-order valence-electron chi connectivity index (χ3n) is 6.26. The summed E-state index contributed by atoms with van der Waals surface area (Å²) in [5.41, 5.74) is 3.27. The second kappa shape index (κ2) is 10.4. The van der Waals surface area contributed by atoms with Gasteiger partial charge < -0.3 is 10.6 Å². The number of hydrogen-bond donors (Lipinski definition) is 2. The molecule has 4 aromatic heterocycles. The van der Waals surface area contributed by atoms with E-state index in [1.54, 1.807) is 40.8 Å². The Kier molecular flexibility index (Phi) is 7.16. The number of thiazole rings is 1. The predicted molar refractivity (Wildman–Crippen MR) is 149 cm³/mol. The minimum atomic E-state index is -0.886. The number of aromatic nitrogens is 5. The quantitative estimate of drug-likeness (QED) is 0.326. The van der Waals surface area contributed by atoms with Crippen LogP contribution in [0.1, 0.15) is 29.9 Å². The Morgan fingerprint density at radius 3 is 2.66 bits per heavy atom. The van der Waals surface area contributed by atoms with E-state index in [9.17, 15) is 13.8 Å². The maximum atomic E-state index is 13.2. The lowest BCUT2D eigenvalue weighted by molar-refractivity contribution is -0.120. The van der Waals surface area contributed by atoms with Gasteiger partial charge in [-0.2, -0.15) is 10.2 Å². The zero-order valence-corrected chi connectivity index (χ0v) is 23.4. The van der Waals surface area contributed by atoms with Gasteiger partial charge in [0, 0.05) is 53.9 Å². The molecule has 5 rings (SSSR count). The van der Waals surface area contributed by atoms with Gasteiger partial charge in [0.25, 0.3) is 5.91 Å². The van der Waals surface area contributed by atoms with Gasteiger partial charge in [-0.1, -0.05) is 13.8 Å². The Morgan fingerprint density at radius 2 is 1.92 bits per heavy atom. The maximum absolute atomic E-state index is 13.2. The maximum Gasteiger partial charge on any atom is 0.260 e. The number of carbonyl (C=O) groups is 2. The molecule has 38 heavy (non-hydrogen) atoms. The highest BCUT2D eigenvalue weighted by Crippen LogP contribution is 2.31. The number of anilines is 2. The van der Waals surface area contributed by atoms with Gasteiger partial charge >= 0.3 is 0 Å². The number of rotatable bonds is 9. The Hall–Kier alpha value is -3.42. The molecule has 1 unspecified atom stereocenters. The van der Waals surface area contributed by atoms with E-state index in [1.807, 2.05) is 12.4 Å². The molecule has 0 saturated carbocycles. The topological polar surface area (TPSA) is 127 Å². The fraction of sp³-hybridized carbons (Fsp3) is 0.400. The molecular weight excluding hydrogens is 524 g/mol. The Balaban J connectivity index is 1.27. The van der Waals surface area contributed by atoms with Crippen molar-refractivity contribution in [1.29, 1.82) is 0 Å². The highest BCUT2D eigenvalue weighted by Gasteiger charge is 2.34. The zero-order valence-electron chi connectivity index (χ0n) is 21.7. The Morgan fingerprint density at radius 1 is 1.13 bits per heavy atom. The molecule has 1 fully saturated rings. The first-order chi connectivity index (χ1) is 18.1. The summed E-state index contributed by atoms with van der Waals surface area (Å²) >= 11 is 1.44. The van der Waals surface area contributed by atoms with E-state index < -0.39 is 10.8 Å². The highest BCUT2D eigenvalue weighted by molar-refractivity contribution is 7.84. The van der Waals surface area contributed by atoms with Crippen LogP contribution >= 0.6 is 11.3 Å². The summed E-state index contributed by atoms with van der Waals surface area (Å²) in [5, 5.41) is 14.5. The molecule has 0 bridgehead atoms. The molecule has 2 amide bonds. The van der Waals surface area contributed by atoms with Crippen molar-refractivity contribution in [3.63, 3.8) is 0 Å². The molecule has 11 nitrogen and oxygen atoms in total. The lowest BCUT2D eigenvalue weighted by atomic mass is 9.84. The first-order valence-electron chi connectivity index (χ1n) is 12.2. The molecule has 4 aromatic rings. The fourth-order valence-electron chi connectivity index (χ4n) is 4.51.